The van der Waals surface area contributed by atoms with Gasteiger partial charge in [0, 0.05) is 0 Å². The summed E-state index contributed by atoms with van der Waals surface area (Å²) in [6.07, 6.45) is 7.50. The van der Waals surface area contributed by atoms with Gasteiger partial charge in [-0.3, -0.25) is 0 Å². The first-order chi connectivity index (χ1) is 7.28. The molecule has 1 aliphatic heterocycles. The van der Waals surface area contributed by atoms with Gasteiger partial charge in [-0.25, -0.2) is 4.79 Å². The molecule has 0 N–H and O–H groups in total. The van der Waals surface area contributed by atoms with E-state index in [-0.39, 0.29) is 17.7 Å². The Labute approximate surface area is 91.1 Å². The van der Waals surface area contributed by atoms with Gasteiger partial charge in [0.15, 0.2) is 6.10 Å². The van der Waals surface area contributed by atoms with Crippen molar-refractivity contribution < 1.29 is 14.3 Å². The molecule has 0 radical (unpaired) electrons. The van der Waals surface area contributed by atoms with Crippen molar-refractivity contribution in [2.75, 3.05) is 6.61 Å². The summed E-state index contributed by atoms with van der Waals surface area (Å²) in [7, 11) is 0. The summed E-state index contributed by atoms with van der Waals surface area (Å²) in [6, 6.07) is 0. The minimum absolute atomic E-state index is 0.0954. The maximum Gasteiger partial charge on any atom is 0.338 e. The molecule has 15 heavy (non-hydrogen) atoms. The molecule has 1 aliphatic carbocycles. The van der Waals surface area contributed by atoms with Crippen LogP contribution in [-0.2, 0) is 14.3 Å². The zero-order valence-electron chi connectivity index (χ0n) is 9.46. The molecule has 0 amide bonds. The lowest BCUT2D eigenvalue weighted by Crippen LogP contribution is -2.20. The summed E-state index contributed by atoms with van der Waals surface area (Å²) in [5, 5.41) is 0. The van der Waals surface area contributed by atoms with Crippen LogP contribution in [-0.4, -0.2) is 24.3 Å². The Morgan fingerprint density at radius 1 is 1.40 bits per heavy atom. The van der Waals surface area contributed by atoms with Crippen molar-refractivity contribution in [3.63, 3.8) is 0 Å². The van der Waals surface area contributed by atoms with Crippen molar-refractivity contribution in [3.8, 4) is 0 Å². The lowest BCUT2D eigenvalue weighted by atomic mass is 10.0. The molecule has 1 saturated heterocycles. The standard InChI is InChI=1S/C12H20O3/c1-2-3-6-9-14-11(13)10-12(15-10)7-4-5-8-12/h10H,2-9H2,1H3. The van der Waals surface area contributed by atoms with Gasteiger partial charge in [0.2, 0.25) is 0 Å². The van der Waals surface area contributed by atoms with Crippen LogP contribution in [0.1, 0.15) is 51.9 Å². The van der Waals surface area contributed by atoms with E-state index < -0.39 is 0 Å². The number of rotatable bonds is 5. The molecular formula is C12H20O3. The maximum absolute atomic E-state index is 11.6. The van der Waals surface area contributed by atoms with E-state index in [9.17, 15) is 4.79 Å². The topological polar surface area (TPSA) is 38.8 Å². The number of unbranched alkanes of at least 4 members (excludes halogenated alkanes) is 2. The molecule has 1 heterocycles. The second kappa shape index (κ2) is 4.52. The van der Waals surface area contributed by atoms with Gasteiger partial charge < -0.3 is 9.47 Å². The van der Waals surface area contributed by atoms with E-state index in [1.54, 1.807) is 0 Å². The Bertz CT molecular complexity index is 231. The molecule has 1 spiro atoms. The van der Waals surface area contributed by atoms with Crippen molar-refractivity contribution in [2.24, 2.45) is 0 Å². The third-order valence-electron chi connectivity index (χ3n) is 3.43. The Morgan fingerprint density at radius 2 is 2.13 bits per heavy atom. The molecule has 1 atom stereocenters. The van der Waals surface area contributed by atoms with Crippen molar-refractivity contribution in [2.45, 2.75) is 63.6 Å². The monoisotopic (exact) mass is 212 g/mol. The van der Waals surface area contributed by atoms with Crippen LogP contribution in [0.2, 0.25) is 0 Å². The second-order valence-electron chi connectivity index (χ2n) is 4.64. The summed E-state index contributed by atoms with van der Waals surface area (Å²) < 4.78 is 10.7. The predicted octanol–water partition coefficient (Wildman–Crippen LogP) is 2.43. The van der Waals surface area contributed by atoms with Crippen molar-refractivity contribution in [1.82, 2.24) is 0 Å². The summed E-state index contributed by atoms with van der Waals surface area (Å²) in [4.78, 5) is 11.6. The van der Waals surface area contributed by atoms with E-state index in [1.807, 2.05) is 0 Å². The van der Waals surface area contributed by atoms with Gasteiger partial charge in [0.25, 0.3) is 0 Å². The average molecular weight is 212 g/mol. The van der Waals surface area contributed by atoms with Gasteiger partial charge in [0.05, 0.1) is 6.61 Å². The fourth-order valence-corrected chi connectivity index (χ4v) is 2.42. The quantitative estimate of drug-likeness (QED) is 0.399. The van der Waals surface area contributed by atoms with Gasteiger partial charge in [-0.2, -0.15) is 0 Å². The molecule has 3 heteroatoms. The van der Waals surface area contributed by atoms with Crippen LogP contribution >= 0.6 is 0 Å². The normalized spacial score (nSPS) is 26.9. The Hall–Kier alpha value is -0.570. The smallest absolute Gasteiger partial charge is 0.338 e. The third-order valence-corrected chi connectivity index (χ3v) is 3.43. The van der Waals surface area contributed by atoms with Crippen molar-refractivity contribution in [3.05, 3.63) is 0 Å². The average Bonchev–Trinajstić information content (AvgIpc) is 2.72. The van der Waals surface area contributed by atoms with Gasteiger partial charge in [0.1, 0.15) is 5.60 Å². The summed E-state index contributed by atoms with van der Waals surface area (Å²) in [5.41, 5.74) is -0.0954. The third kappa shape index (κ3) is 2.33. The number of carbonyl (C=O) groups is 1. The fourth-order valence-electron chi connectivity index (χ4n) is 2.42. The van der Waals surface area contributed by atoms with E-state index in [2.05, 4.69) is 6.92 Å². The van der Waals surface area contributed by atoms with Crippen LogP contribution in [0.3, 0.4) is 0 Å². The zero-order chi connectivity index (χ0) is 10.7. The molecule has 2 rings (SSSR count). The largest absolute Gasteiger partial charge is 0.464 e. The number of hydrogen-bond acceptors (Lipinski definition) is 3. The highest BCUT2D eigenvalue weighted by atomic mass is 16.7. The van der Waals surface area contributed by atoms with Crippen LogP contribution in [0.15, 0.2) is 0 Å². The molecule has 1 unspecified atom stereocenters. The molecule has 1 saturated carbocycles. The molecule has 0 aromatic heterocycles. The van der Waals surface area contributed by atoms with E-state index in [0.29, 0.717) is 6.61 Å². The molecular weight excluding hydrogens is 192 g/mol. The van der Waals surface area contributed by atoms with Gasteiger partial charge in [-0.1, -0.05) is 32.6 Å². The highest BCUT2D eigenvalue weighted by Crippen LogP contribution is 2.50. The number of ether oxygens (including phenoxy) is 2. The number of hydrogen-bond donors (Lipinski definition) is 0. The highest BCUT2D eigenvalue weighted by Gasteiger charge is 2.62. The number of carbonyl (C=O) groups excluding carboxylic acids is 1. The first kappa shape index (κ1) is 10.9. The molecule has 0 aromatic carbocycles. The SMILES string of the molecule is CCCCCOC(=O)C1OC12CCCC2. The first-order valence-electron chi connectivity index (χ1n) is 6.13. The highest BCUT2D eigenvalue weighted by molar-refractivity contribution is 5.79. The van der Waals surface area contributed by atoms with Gasteiger partial charge in [-0.15, -0.1) is 0 Å². The van der Waals surface area contributed by atoms with Crippen LogP contribution < -0.4 is 0 Å². The molecule has 2 aliphatic rings. The Kier molecular flexibility index (Phi) is 3.29. The van der Waals surface area contributed by atoms with E-state index in [4.69, 9.17) is 9.47 Å². The molecule has 3 nitrogen and oxygen atoms in total. The van der Waals surface area contributed by atoms with E-state index in [0.717, 1.165) is 32.1 Å². The van der Waals surface area contributed by atoms with Crippen LogP contribution in [0, 0.1) is 0 Å². The predicted molar refractivity (Wildman–Crippen MR) is 56.6 cm³/mol. The molecule has 0 bridgehead atoms. The molecule has 2 fully saturated rings. The summed E-state index contributed by atoms with van der Waals surface area (Å²) >= 11 is 0. The minimum atomic E-state index is -0.235. The van der Waals surface area contributed by atoms with Crippen LogP contribution in [0.4, 0.5) is 0 Å². The molecule has 0 aromatic rings. The zero-order valence-corrected chi connectivity index (χ0v) is 9.46. The first-order valence-corrected chi connectivity index (χ1v) is 6.13. The Morgan fingerprint density at radius 3 is 2.80 bits per heavy atom. The lowest BCUT2D eigenvalue weighted by molar-refractivity contribution is -0.145. The van der Waals surface area contributed by atoms with Crippen molar-refractivity contribution >= 4 is 5.97 Å². The number of esters is 1. The molecule has 86 valence electrons. The minimum Gasteiger partial charge on any atom is -0.464 e. The van der Waals surface area contributed by atoms with E-state index >= 15 is 0 Å². The summed E-state index contributed by atoms with van der Waals surface area (Å²) in [5.74, 6) is -0.131. The van der Waals surface area contributed by atoms with Gasteiger partial charge in [-0.05, 0) is 19.3 Å². The lowest BCUT2D eigenvalue weighted by Gasteiger charge is -2.03. The Balaban J connectivity index is 1.65. The maximum atomic E-state index is 11.6. The summed E-state index contributed by atoms with van der Waals surface area (Å²) in [6.45, 7) is 2.70. The van der Waals surface area contributed by atoms with Crippen molar-refractivity contribution in [1.29, 1.82) is 0 Å². The van der Waals surface area contributed by atoms with Crippen LogP contribution in [0.25, 0.3) is 0 Å². The van der Waals surface area contributed by atoms with Crippen LogP contribution in [0.5, 0.6) is 0 Å². The van der Waals surface area contributed by atoms with Gasteiger partial charge >= 0.3 is 5.97 Å². The fraction of sp³-hybridized carbons (Fsp3) is 0.917. The van der Waals surface area contributed by atoms with E-state index in [1.165, 1.54) is 12.8 Å². The number of epoxide rings is 1. The second-order valence-corrected chi connectivity index (χ2v) is 4.64.